The summed E-state index contributed by atoms with van der Waals surface area (Å²) in [5, 5.41) is 7.33. The number of halogens is 1. The molecule has 0 fully saturated rings. The third kappa shape index (κ3) is 5.64. The number of aromatic nitrogens is 1. The highest BCUT2D eigenvalue weighted by Gasteiger charge is 2.20. The van der Waals surface area contributed by atoms with E-state index in [9.17, 15) is 18.8 Å². The SMILES string of the molecule is CCNC(=O)c1cccc(NC(=O)/C=C/c2csc(N(C(C)=O)c3ccccc3F)n2)c1. The van der Waals surface area contributed by atoms with Gasteiger partial charge in [-0.2, -0.15) is 0 Å². The lowest BCUT2D eigenvalue weighted by Crippen LogP contribution is -2.23. The van der Waals surface area contributed by atoms with E-state index in [-0.39, 0.29) is 22.6 Å². The van der Waals surface area contributed by atoms with E-state index in [1.54, 1.807) is 35.7 Å². The number of nitrogens with one attached hydrogen (secondary N) is 2. The molecule has 0 aliphatic heterocycles. The maximum atomic E-state index is 14.2. The molecule has 0 bridgehead atoms. The fraction of sp³-hybridized carbons (Fsp3) is 0.130. The molecule has 7 nitrogen and oxygen atoms in total. The molecule has 0 spiro atoms. The number of thiazole rings is 1. The van der Waals surface area contributed by atoms with Crippen LogP contribution < -0.4 is 15.5 Å². The molecule has 0 radical (unpaired) electrons. The van der Waals surface area contributed by atoms with Gasteiger partial charge in [-0.1, -0.05) is 18.2 Å². The van der Waals surface area contributed by atoms with E-state index in [4.69, 9.17) is 0 Å². The van der Waals surface area contributed by atoms with Crippen LogP contribution >= 0.6 is 11.3 Å². The van der Waals surface area contributed by atoms with Crippen LogP contribution in [0.5, 0.6) is 0 Å². The molecule has 3 rings (SSSR count). The van der Waals surface area contributed by atoms with Gasteiger partial charge in [0.2, 0.25) is 11.8 Å². The predicted octanol–water partition coefficient (Wildman–Crippen LogP) is 4.37. The van der Waals surface area contributed by atoms with E-state index in [0.29, 0.717) is 23.5 Å². The molecule has 32 heavy (non-hydrogen) atoms. The van der Waals surface area contributed by atoms with Gasteiger partial charge in [0.05, 0.1) is 11.4 Å². The monoisotopic (exact) mass is 452 g/mol. The summed E-state index contributed by atoms with van der Waals surface area (Å²) in [5.74, 6) is -1.56. The van der Waals surface area contributed by atoms with E-state index in [0.717, 1.165) is 11.3 Å². The molecule has 9 heteroatoms. The van der Waals surface area contributed by atoms with Gasteiger partial charge in [0.15, 0.2) is 5.13 Å². The van der Waals surface area contributed by atoms with Crippen LogP contribution in [-0.2, 0) is 9.59 Å². The van der Waals surface area contributed by atoms with Crippen LogP contribution in [0.3, 0.4) is 0 Å². The lowest BCUT2D eigenvalue weighted by Gasteiger charge is -2.18. The van der Waals surface area contributed by atoms with Crippen molar-refractivity contribution >= 4 is 51.6 Å². The van der Waals surface area contributed by atoms with Crippen molar-refractivity contribution in [2.24, 2.45) is 0 Å². The van der Waals surface area contributed by atoms with Gasteiger partial charge in [0.25, 0.3) is 5.91 Å². The number of benzene rings is 2. The second-order valence-electron chi connectivity index (χ2n) is 6.62. The first kappa shape index (κ1) is 22.8. The summed E-state index contributed by atoms with van der Waals surface area (Å²) in [6.45, 7) is 3.65. The van der Waals surface area contributed by atoms with Crippen LogP contribution in [-0.4, -0.2) is 29.3 Å². The Bertz CT molecular complexity index is 1180. The standard InChI is InChI=1S/C23H21FN4O3S/c1-3-25-22(31)16-7-6-8-17(13-16)26-21(30)12-11-18-14-32-23(27-18)28(15(2)29)20-10-5-4-9-19(20)24/h4-14H,3H2,1-2H3,(H,25,31)(H,26,30)/b12-11+. The summed E-state index contributed by atoms with van der Waals surface area (Å²) in [5.41, 5.74) is 1.47. The van der Waals surface area contributed by atoms with Gasteiger partial charge in [-0.15, -0.1) is 11.3 Å². The number of para-hydroxylation sites is 1. The van der Waals surface area contributed by atoms with Crippen molar-refractivity contribution in [1.29, 1.82) is 0 Å². The highest BCUT2D eigenvalue weighted by molar-refractivity contribution is 7.14. The van der Waals surface area contributed by atoms with Gasteiger partial charge < -0.3 is 10.6 Å². The number of carbonyl (C=O) groups excluding carboxylic acids is 3. The Kier molecular flexibility index (Phi) is 7.45. The van der Waals surface area contributed by atoms with Gasteiger partial charge in [-0.3, -0.25) is 19.3 Å². The molecule has 1 aromatic heterocycles. The van der Waals surface area contributed by atoms with Crippen molar-refractivity contribution in [1.82, 2.24) is 10.3 Å². The van der Waals surface area contributed by atoms with Gasteiger partial charge >= 0.3 is 0 Å². The molecule has 164 valence electrons. The number of rotatable bonds is 7. The lowest BCUT2D eigenvalue weighted by atomic mass is 10.2. The molecule has 3 amide bonds. The number of anilines is 3. The molecule has 0 saturated carbocycles. The van der Waals surface area contributed by atoms with Crippen molar-refractivity contribution in [3.05, 3.63) is 77.1 Å². The maximum Gasteiger partial charge on any atom is 0.251 e. The largest absolute Gasteiger partial charge is 0.352 e. The Morgan fingerprint density at radius 2 is 1.94 bits per heavy atom. The fourth-order valence-corrected chi connectivity index (χ4v) is 3.69. The van der Waals surface area contributed by atoms with Crippen molar-refractivity contribution in [3.8, 4) is 0 Å². The Balaban J connectivity index is 1.71. The summed E-state index contributed by atoms with van der Waals surface area (Å²) in [4.78, 5) is 41.8. The van der Waals surface area contributed by atoms with Crippen molar-refractivity contribution in [3.63, 3.8) is 0 Å². The second kappa shape index (κ2) is 10.5. The third-order valence-electron chi connectivity index (χ3n) is 4.24. The highest BCUT2D eigenvalue weighted by atomic mass is 32.1. The minimum absolute atomic E-state index is 0.106. The smallest absolute Gasteiger partial charge is 0.251 e. The van der Waals surface area contributed by atoms with Gasteiger partial charge in [-0.25, -0.2) is 9.37 Å². The molecule has 0 unspecified atom stereocenters. The fourth-order valence-electron chi connectivity index (χ4n) is 2.84. The van der Waals surface area contributed by atoms with Crippen molar-refractivity contribution in [2.75, 3.05) is 16.8 Å². The Hall–Kier alpha value is -3.85. The van der Waals surface area contributed by atoms with Gasteiger partial charge in [-0.05, 0) is 43.3 Å². The number of carbonyl (C=O) groups is 3. The third-order valence-corrected chi connectivity index (χ3v) is 5.09. The van der Waals surface area contributed by atoms with Crippen LogP contribution in [0.15, 0.2) is 60.0 Å². The minimum Gasteiger partial charge on any atom is -0.352 e. The first-order chi connectivity index (χ1) is 15.4. The van der Waals surface area contributed by atoms with Gasteiger partial charge in [0.1, 0.15) is 5.82 Å². The molecule has 2 N–H and O–H groups in total. The Morgan fingerprint density at radius 1 is 1.16 bits per heavy atom. The maximum absolute atomic E-state index is 14.2. The summed E-state index contributed by atoms with van der Waals surface area (Å²) >= 11 is 1.15. The summed E-state index contributed by atoms with van der Waals surface area (Å²) in [6.07, 6.45) is 2.78. The topological polar surface area (TPSA) is 91.4 Å². The quantitative estimate of drug-likeness (QED) is 0.521. The summed E-state index contributed by atoms with van der Waals surface area (Å²) in [7, 11) is 0. The van der Waals surface area contributed by atoms with Crippen LogP contribution in [0.2, 0.25) is 0 Å². The van der Waals surface area contributed by atoms with Crippen LogP contribution in [0.1, 0.15) is 29.9 Å². The number of hydrogen-bond donors (Lipinski definition) is 2. The molecule has 0 aliphatic rings. The van der Waals surface area contributed by atoms with Crippen LogP contribution in [0, 0.1) is 5.82 Å². The Morgan fingerprint density at radius 3 is 2.66 bits per heavy atom. The van der Waals surface area contributed by atoms with Crippen molar-refractivity contribution in [2.45, 2.75) is 13.8 Å². The van der Waals surface area contributed by atoms with Crippen LogP contribution in [0.25, 0.3) is 6.08 Å². The second-order valence-corrected chi connectivity index (χ2v) is 7.46. The van der Waals surface area contributed by atoms with E-state index in [1.165, 1.54) is 42.2 Å². The zero-order chi connectivity index (χ0) is 23.1. The van der Waals surface area contributed by atoms with Gasteiger partial charge in [0, 0.05) is 36.2 Å². The normalized spacial score (nSPS) is 10.7. The molecular formula is C23H21FN4O3S. The molecular weight excluding hydrogens is 431 g/mol. The summed E-state index contributed by atoms with van der Waals surface area (Å²) < 4.78 is 14.2. The zero-order valence-corrected chi connectivity index (χ0v) is 18.3. The molecule has 0 aliphatic carbocycles. The van der Waals surface area contributed by atoms with E-state index >= 15 is 0 Å². The lowest BCUT2D eigenvalue weighted by molar-refractivity contribution is -0.116. The Labute approximate surface area is 188 Å². The number of hydrogen-bond acceptors (Lipinski definition) is 5. The first-order valence-electron chi connectivity index (χ1n) is 9.77. The number of amides is 3. The predicted molar refractivity (Wildman–Crippen MR) is 123 cm³/mol. The molecule has 2 aromatic carbocycles. The average Bonchev–Trinajstić information content (AvgIpc) is 3.22. The zero-order valence-electron chi connectivity index (χ0n) is 17.5. The molecule has 3 aromatic rings. The summed E-state index contributed by atoms with van der Waals surface area (Å²) in [6, 6.07) is 12.5. The van der Waals surface area contributed by atoms with E-state index < -0.39 is 11.7 Å². The minimum atomic E-state index is -0.538. The highest BCUT2D eigenvalue weighted by Crippen LogP contribution is 2.31. The number of nitrogens with zero attached hydrogens (tertiary/aromatic N) is 2. The van der Waals surface area contributed by atoms with E-state index in [2.05, 4.69) is 15.6 Å². The van der Waals surface area contributed by atoms with Crippen molar-refractivity contribution < 1.29 is 18.8 Å². The average molecular weight is 453 g/mol. The molecule has 0 saturated heterocycles. The van der Waals surface area contributed by atoms with E-state index in [1.807, 2.05) is 6.92 Å². The van der Waals surface area contributed by atoms with Crippen LogP contribution in [0.4, 0.5) is 20.9 Å². The molecule has 0 atom stereocenters. The molecule has 1 heterocycles. The first-order valence-corrected chi connectivity index (χ1v) is 10.6.